The van der Waals surface area contributed by atoms with Crippen LogP contribution in [0, 0.1) is 6.92 Å². The third-order valence-electron chi connectivity index (χ3n) is 4.39. The molecule has 0 saturated carbocycles. The highest BCUT2D eigenvalue weighted by molar-refractivity contribution is 5.84. The standard InChI is InChI=1S/C17H26N2O2/c1-13(2)19-11-9-17(10-12-19,16(20)21-4)18-15-7-5-14(3)6-8-15/h5-8,13,18H,9-12H2,1-4H3. The highest BCUT2D eigenvalue weighted by atomic mass is 16.5. The first-order valence-electron chi connectivity index (χ1n) is 7.64. The zero-order valence-electron chi connectivity index (χ0n) is 13.5. The Morgan fingerprint density at radius 2 is 1.81 bits per heavy atom. The van der Waals surface area contributed by atoms with Gasteiger partial charge in [-0.2, -0.15) is 0 Å². The molecule has 0 aliphatic carbocycles. The van der Waals surface area contributed by atoms with Crippen molar-refractivity contribution in [3.8, 4) is 0 Å². The number of benzene rings is 1. The van der Waals surface area contributed by atoms with Gasteiger partial charge in [-0.05, 0) is 45.7 Å². The van der Waals surface area contributed by atoms with Gasteiger partial charge in [-0.25, -0.2) is 4.79 Å². The van der Waals surface area contributed by atoms with Crippen LogP contribution in [0.2, 0.25) is 0 Å². The van der Waals surface area contributed by atoms with Crippen LogP contribution in [0.4, 0.5) is 5.69 Å². The highest BCUT2D eigenvalue weighted by Crippen LogP contribution is 2.29. The second-order valence-electron chi connectivity index (χ2n) is 6.19. The first-order chi connectivity index (χ1) is 9.97. The predicted octanol–water partition coefficient (Wildman–Crippen LogP) is 2.82. The van der Waals surface area contributed by atoms with Gasteiger partial charge in [0.05, 0.1) is 7.11 Å². The second kappa shape index (κ2) is 6.48. The number of piperidine rings is 1. The summed E-state index contributed by atoms with van der Waals surface area (Å²) in [5.41, 5.74) is 1.58. The van der Waals surface area contributed by atoms with E-state index in [0.717, 1.165) is 31.6 Å². The Kier molecular flexibility index (Phi) is 4.88. The molecular formula is C17H26N2O2. The lowest BCUT2D eigenvalue weighted by atomic mass is 9.86. The van der Waals surface area contributed by atoms with Gasteiger partial charge in [0, 0.05) is 24.8 Å². The van der Waals surface area contributed by atoms with Crippen molar-refractivity contribution in [3.05, 3.63) is 29.8 Å². The summed E-state index contributed by atoms with van der Waals surface area (Å²) in [5, 5.41) is 3.43. The molecule has 1 aromatic carbocycles. The van der Waals surface area contributed by atoms with Crippen molar-refractivity contribution in [2.75, 3.05) is 25.5 Å². The number of esters is 1. The summed E-state index contributed by atoms with van der Waals surface area (Å²) in [4.78, 5) is 14.7. The molecule has 1 aliphatic rings. The first-order valence-corrected chi connectivity index (χ1v) is 7.64. The molecule has 116 valence electrons. The molecule has 0 amide bonds. The number of methoxy groups -OCH3 is 1. The Morgan fingerprint density at radius 1 is 1.24 bits per heavy atom. The van der Waals surface area contributed by atoms with E-state index in [4.69, 9.17) is 4.74 Å². The molecule has 21 heavy (non-hydrogen) atoms. The van der Waals surface area contributed by atoms with Crippen LogP contribution in [-0.4, -0.2) is 42.6 Å². The number of hydrogen-bond acceptors (Lipinski definition) is 4. The minimum Gasteiger partial charge on any atom is -0.467 e. The van der Waals surface area contributed by atoms with Gasteiger partial charge in [0.2, 0.25) is 0 Å². The van der Waals surface area contributed by atoms with E-state index in [0.29, 0.717) is 6.04 Å². The largest absolute Gasteiger partial charge is 0.467 e. The van der Waals surface area contributed by atoms with E-state index in [2.05, 4.69) is 43.1 Å². The quantitative estimate of drug-likeness (QED) is 0.866. The van der Waals surface area contributed by atoms with Gasteiger partial charge in [0.15, 0.2) is 0 Å². The molecule has 0 aromatic heterocycles. The van der Waals surface area contributed by atoms with E-state index in [1.807, 2.05) is 12.1 Å². The number of anilines is 1. The SMILES string of the molecule is COC(=O)C1(Nc2ccc(C)cc2)CCN(C(C)C)CC1. The molecular weight excluding hydrogens is 264 g/mol. The Bertz CT molecular complexity index is 474. The number of aryl methyl sites for hydroxylation is 1. The van der Waals surface area contributed by atoms with Gasteiger partial charge in [-0.1, -0.05) is 17.7 Å². The lowest BCUT2D eigenvalue weighted by Gasteiger charge is -2.42. The van der Waals surface area contributed by atoms with E-state index in [1.54, 1.807) is 0 Å². The molecule has 1 fully saturated rings. The maximum atomic E-state index is 12.3. The van der Waals surface area contributed by atoms with Gasteiger partial charge >= 0.3 is 5.97 Å². The fourth-order valence-corrected chi connectivity index (χ4v) is 2.91. The van der Waals surface area contributed by atoms with Gasteiger partial charge in [-0.3, -0.25) is 0 Å². The average Bonchev–Trinajstić information content (AvgIpc) is 2.49. The number of hydrogen-bond donors (Lipinski definition) is 1. The molecule has 1 aliphatic heterocycles. The predicted molar refractivity (Wildman–Crippen MR) is 85.5 cm³/mol. The molecule has 0 bridgehead atoms. The molecule has 0 radical (unpaired) electrons. The maximum absolute atomic E-state index is 12.3. The van der Waals surface area contributed by atoms with E-state index in [9.17, 15) is 4.79 Å². The van der Waals surface area contributed by atoms with Gasteiger partial charge < -0.3 is 15.0 Å². The molecule has 0 atom stereocenters. The number of likely N-dealkylation sites (tertiary alicyclic amines) is 1. The third kappa shape index (κ3) is 3.56. The Labute approximate surface area is 127 Å². The van der Waals surface area contributed by atoms with Crippen molar-refractivity contribution in [2.45, 2.75) is 45.2 Å². The minimum atomic E-state index is -0.602. The molecule has 0 unspecified atom stereocenters. The molecule has 0 spiro atoms. The fraction of sp³-hybridized carbons (Fsp3) is 0.588. The summed E-state index contributed by atoms with van der Waals surface area (Å²) in [5.74, 6) is -0.161. The third-order valence-corrected chi connectivity index (χ3v) is 4.39. The van der Waals surface area contributed by atoms with Crippen molar-refractivity contribution in [3.63, 3.8) is 0 Å². The van der Waals surface area contributed by atoms with Crippen molar-refractivity contribution in [1.82, 2.24) is 4.90 Å². The Balaban J connectivity index is 2.15. The number of nitrogens with one attached hydrogen (secondary N) is 1. The number of carbonyl (C=O) groups is 1. The number of rotatable bonds is 4. The summed E-state index contributed by atoms with van der Waals surface area (Å²) in [7, 11) is 1.47. The van der Waals surface area contributed by atoms with Crippen molar-refractivity contribution >= 4 is 11.7 Å². The monoisotopic (exact) mass is 290 g/mol. The van der Waals surface area contributed by atoms with Crippen LogP contribution in [0.5, 0.6) is 0 Å². The van der Waals surface area contributed by atoms with E-state index < -0.39 is 5.54 Å². The summed E-state index contributed by atoms with van der Waals surface area (Å²) in [6.07, 6.45) is 1.54. The molecule has 1 N–H and O–H groups in total. The topological polar surface area (TPSA) is 41.6 Å². The van der Waals surface area contributed by atoms with Crippen LogP contribution in [-0.2, 0) is 9.53 Å². The van der Waals surface area contributed by atoms with Crippen molar-refractivity contribution < 1.29 is 9.53 Å². The number of ether oxygens (including phenoxy) is 1. The molecule has 1 heterocycles. The summed E-state index contributed by atoms with van der Waals surface area (Å²) in [6.45, 7) is 8.26. The fourth-order valence-electron chi connectivity index (χ4n) is 2.91. The van der Waals surface area contributed by atoms with Crippen LogP contribution < -0.4 is 5.32 Å². The smallest absolute Gasteiger partial charge is 0.331 e. The number of carbonyl (C=O) groups excluding carboxylic acids is 1. The van der Waals surface area contributed by atoms with Crippen LogP contribution in [0.3, 0.4) is 0 Å². The van der Waals surface area contributed by atoms with Crippen molar-refractivity contribution in [1.29, 1.82) is 0 Å². The molecule has 1 aromatic rings. The zero-order valence-corrected chi connectivity index (χ0v) is 13.5. The lowest BCUT2D eigenvalue weighted by molar-refractivity contribution is -0.148. The molecule has 1 saturated heterocycles. The number of nitrogens with zero attached hydrogens (tertiary/aromatic N) is 1. The van der Waals surface area contributed by atoms with E-state index >= 15 is 0 Å². The van der Waals surface area contributed by atoms with E-state index in [-0.39, 0.29) is 5.97 Å². The minimum absolute atomic E-state index is 0.161. The van der Waals surface area contributed by atoms with Crippen LogP contribution in [0.1, 0.15) is 32.3 Å². The van der Waals surface area contributed by atoms with Crippen LogP contribution in [0.15, 0.2) is 24.3 Å². The van der Waals surface area contributed by atoms with Gasteiger partial charge in [0.25, 0.3) is 0 Å². The molecule has 4 heteroatoms. The molecule has 2 rings (SSSR count). The summed E-state index contributed by atoms with van der Waals surface area (Å²) < 4.78 is 5.06. The zero-order chi connectivity index (χ0) is 15.5. The van der Waals surface area contributed by atoms with Gasteiger partial charge in [-0.15, -0.1) is 0 Å². The molecule has 4 nitrogen and oxygen atoms in total. The van der Waals surface area contributed by atoms with Gasteiger partial charge in [0.1, 0.15) is 5.54 Å². The summed E-state index contributed by atoms with van der Waals surface area (Å²) in [6, 6.07) is 8.66. The van der Waals surface area contributed by atoms with Crippen molar-refractivity contribution in [2.24, 2.45) is 0 Å². The summed E-state index contributed by atoms with van der Waals surface area (Å²) >= 11 is 0. The second-order valence-corrected chi connectivity index (χ2v) is 6.19. The van der Waals surface area contributed by atoms with Crippen LogP contribution >= 0.6 is 0 Å². The maximum Gasteiger partial charge on any atom is 0.331 e. The average molecular weight is 290 g/mol. The normalized spacial score (nSPS) is 18.5. The lowest BCUT2D eigenvalue weighted by Crippen LogP contribution is -2.56. The highest BCUT2D eigenvalue weighted by Gasteiger charge is 2.42. The Hall–Kier alpha value is -1.55. The van der Waals surface area contributed by atoms with Crippen LogP contribution in [0.25, 0.3) is 0 Å². The first kappa shape index (κ1) is 15.8. The van der Waals surface area contributed by atoms with E-state index in [1.165, 1.54) is 12.7 Å². The Morgan fingerprint density at radius 3 is 2.29 bits per heavy atom.